The first-order valence-electron chi connectivity index (χ1n) is 5.44. The zero-order chi connectivity index (χ0) is 13.0. The number of hydrogen-bond donors (Lipinski definition) is 2. The summed E-state index contributed by atoms with van der Waals surface area (Å²) in [4.78, 5) is 6.85. The van der Waals surface area contributed by atoms with E-state index in [0.717, 1.165) is 15.9 Å². The Morgan fingerprint density at radius 1 is 1.22 bits per heavy atom. The van der Waals surface area contributed by atoms with Crippen LogP contribution in [0.1, 0.15) is 5.69 Å². The number of aromatic amines is 1. The number of aryl methyl sites for hydroxylation is 1. The smallest absolute Gasteiger partial charge is 0.211 e. The Kier molecular flexibility index (Phi) is 3.74. The molecule has 0 radical (unpaired) electrons. The first kappa shape index (κ1) is 12.3. The van der Waals surface area contributed by atoms with Crippen LogP contribution in [-0.2, 0) is 0 Å². The highest BCUT2D eigenvalue weighted by Crippen LogP contribution is 2.07. The molecule has 2 heterocycles. The van der Waals surface area contributed by atoms with E-state index in [0.29, 0.717) is 4.77 Å². The molecule has 18 heavy (non-hydrogen) atoms. The molecule has 0 bridgehead atoms. The van der Waals surface area contributed by atoms with Crippen LogP contribution in [0.4, 0.5) is 0 Å². The SMILES string of the molecule is Cc1c[nH]c(=S)n1O.c1ccc2ncccc2c1. The van der Waals surface area contributed by atoms with Crippen LogP contribution in [0.3, 0.4) is 0 Å². The largest absolute Gasteiger partial charge is 0.426 e. The number of pyridine rings is 1. The summed E-state index contributed by atoms with van der Waals surface area (Å²) < 4.78 is 1.26. The minimum atomic E-state index is 0.336. The standard InChI is InChI=1S/C9H7N.C4H6N2OS/c1-2-6-9-8(4-1)5-3-7-10-9;1-3-2-5-4(8)6(3)7/h1-7H;2,7H,1H3,(H,5,8). The normalized spacial score (nSPS) is 9.83. The number of aromatic nitrogens is 3. The minimum absolute atomic E-state index is 0.336. The molecule has 0 unspecified atom stereocenters. The van der Waals surface area contributed by atoms with Gasteiger partial charge in [-0.1, -0.05) is 24.3 Å². The maximum Gasteiger partial charge on any atom is 0.211 e. The number of imidazole rings is 1. The van der Waals surface area contributed by atoms with Crippen molar-refractivity contribution in [2.24, 2.45) is 0 Å². The van der Waals surface area contributed by atoms with Gasteiger partial charge in [-0.15, -0.1) is 0 Å². The molecule has 0 saturated heterocycles. The molecule has 2 aromatic heterocycles. The first-order chi connectivity index (χ1) is 8.68. The van der Waals surface area contributed by atoms with E-state index in [4.69, 9.17) is 5.21 Å². The van der Waals surface area contributed by atoms with Crippen LogP contribution in [0, 0.1) is 11.7 Å². The number of rotatable bonds is 0. The van der Waals surface area contributed by atoms with Gasteiger partial charge >= 0.3 is 0 Å². The van der Waals surface area contributed by atoms with Crippen molar-refractivity contribution in [1.29, 1.82) is 0 Å². The van der Waals surface area contributed by atoms with Crippen LogP contribution >= 0.6 is 12.2 Å². The molecule has 3 rings (SSSR count). The number of fused-ring (bicyclic) bond motifs is 1. The van der Waals surface area contributed by atoms with Gasteiger partial charge in [-0.3, -0.25) is 4.98 Å². The molecular weight excluding hydrogens is 246 g/mol. The van der Waals surface area contributed by atoms with Crippen molar-refractivity contribution in [2.75, 3.05) is 0 Å². The summed E-state index contributed by atoms with van der Waals surface area (Å²) in [7, 11) is 0. The van der Waals surface area contributed by atoms with Gasteiger partial charge in [0.05, 0.1) is 11.2 Å². The summed E-state index contributed by atoms with van der Waals surface area (Å²) in [6.45, 7) is 1.76. The van der Waals surface area contributed by atoms with E-state index in [2.05, 4.69) is 34.3 Å². The summed E-state index contributed by atoms with van der Waals surface area (Å²) in [5, 5.41) is 10.0. The Morgan fingerprint density at radius 2 is 1.94 bits per heavy atom. The van der Waals surface area contributed by atoms with Gasteiger partial charge in [0.1, 0.15) is 0 Å². The van der Waals surface area contributed by atoms with Gasteiger partial charge in [-0.05, 0) is 31.3 Å². The lowest BCUT2D eigenvalue weighted by atomic mass is 10.2. The van der Waals surface area contributed by atoms with Crippen LogP contribution < -0.4 is 0 Å². The average Bonchev–Trinajstić information content (AvgIpc) is 2.71. The Hall–Kier alpha value is -2.14. The molecule has 0 spiro atoms. The zero-order valence-corrected chi connectivity index (χ0v) is 10.7. The molecule has 5 heteroatoms. The van der Waals surface area contributed by atoms with Crippen LogP contribution in [0.15, 0.2) is 48.8 Å². The summed E-state index contributed by atoms with van der Waals surface area (Å²) >= 11 is 4.63. The number of nitrogens with zero attached hydrogens (tertiary/aromatic N) is 2. The Balaban J connectivity index is 0.000000138. The third-order valence-electron chi connectivity index (χ3n) is 2.44. The van der Waals surface area contributed by atoms with Crippen molar-refractivity contribution in [3.05, 3.63) is 59.3 Å². The Labute approximate surface area is 110 Å². The summed E-state index contributed by atoms with van der Waals surface area (Å²) in [6, 6.07) is 12.1. The van der Waals surface area contributed by atoms with Crippen molar-refractivity contribution in [3.63, 3.8) is 0 Å². The summed E-state index contributed by atoms with van der Waals surface area (Å²) in [5.41, 5.74) is 1.78. The second-order valence-corrected chi connectivity index (χ2v) is 4.13. The fourth-order valence-electron chi connectivity index (χ4n) is 1.46. The van der Waals surface area contributed by atoms with E-state index in [-0.39, 0.29) is 0 Å². The molecule has 0 amide bonds. The van der Waals surface area contributed by atoms with Crippen LogP contribution in [0.5, 0.6) is 0 Å². The molecule has 3 aromatic rings. The van der Waals surface area contributed by atoms with E-state index < -0.39 is 0 Å². The highest BCUT2D eigenvalue weighted by Gasteiger charge is 1.91. The molecule has 2 N–H and O–H groups in total. The highest BCUT2D eigenvalue weighted by molar-refractivity contribution is 7.71. The molecular formula is C13H13N3OS. The molecule has 4 nitrogen and oxygen atoms in total. The predicted octanol–water partition coefficient (Wildman–Crippen LogP) is 3.33. The van der Waals surface area contributed by atoms with Crippen LogP contribution in [-0.4, -0.2) is 19.9 Å². The maximum atomic E-state index is 8.83. The quantitative estimate of drug-likeness (QED) is 0.481. The molecule has 0 fully saturated rings. The van der Waals surface area contributed by atoms with E-state index >= 15 is 0 Å². The maximum absolute atomic E-state index is 8.83. The van der Waals surface area contributed by atoms with E-state index in [1.54, 1.807) is 13.1 Å². The number of H-pyrrole nitrogens is 1. The Bertz CT molecular complexity index is 637. The summed E-state index contributed by atoms with van der Waals surface area (Å²) in [5.74, 6) is 0. The predicted molar refractivity (Wildman–Crippen MR) is 73.3 cm³/mol. The number of nitrogens with one attached hydrogen (secondary N) is 1. The molecule has 0 aliphatic heterocycles. The third kappa shape index (κ3) is 2.75. The van der Waals surface area contributed by atoms with E-state index in [9.17, 15) is 0 Å². The lowest BCUT2D eigenvalue weighted by Crippen LogP contribution is -1.90. The van der Waals surface area contributed by atoms with Crippen molar-refractivity contribution in [2.45, 2.75) is 6.92 Å². The van der Waals surface area contributed by atoms with Crippen molar-refractivity contribution in [3.8, 4) is 0 Å². The number of para-hydroxylation sites is 1. The molecule has 1 aromatic carbocycles. The monoisotopic (exact) mass is 259 g/mol. The topological polar surface area (TPSA) is 53.8 Å². The van der Waals surface area contributed by atoms with Crippen molar-refractivity contribution >= 4 is 23.1 Å². The summed E-state index contributed by atoms with van der Waals surface area (Å²) in [6.07, 6.45) is 3.45. The van der Waals surface area contributed by atoms with Gasteiger partial charge in [-0.2, -0.15) is 4.73 Å². The molecule has 0 aliphatic carbocycles. The van der Waals surface area contributed by atoms with E-state index in [1.165, 1.54) is 5.39 Å². The molecule has 0 aliphatic rings. The minimum Gasteiger partial charge on any atom is -0.426 e. The molecule has 0 saturated carbocycles. The lowest BCUT2D eigenvalue weighted by Gasteiger charge is -1.91. The third-order valence-corrected chi connectivity index (χ3v) is 2.73. The van der Waals surface area contributed by atoms with Crippen molar-refractivity contribution < 1.29 is 5.21 Å². The highest BCUT2D eigenvalue weighted by atomic mass is 32.1. The zero-order valence-electron chi connectivity index (χ0n) is 9.87. The molecule has 0 atom stereocenters. The van der Waals surface area contributed by atoms with Gasteiger partial charge in [0, 0.05) is 17.8 Å². The van der Waals surface area contributed by atoms with Gasteiger partial charge < -0.3 is 10.2 Å². The Morgan fingerprint density at radius 3 is 2.50 bits per heavy atom. The van der Waals surface area contributed by atoms with Gasteiger partial charge in [0.15, 0.2) is 0 Å². The number of hydrogen-bond acceptors (Lipinski definition) is 3. The molecule has 92 valence electrons. The first-order valence-corrected chi connectivity index (χ1v) is 5.85. The van der Waals surface area contributed by atoms with Crippen LogP contribution in [0.25, 0.3) is 10.9 Å². The number of benzene rings is 1. The van der Waals surface area contributed by atoms with Gasteiger partial charge in [-0.25, -0.2) is 0 Å². The van der Waals surface area contributed by atoms with Crippen molar-refractivity contribution in [1.82, 2.24) is 14.7 Å². The average molecular weight is 259 g/mol. The lowest BCUT2D eigenvalue weighted by molar-refractivity contribution is 0.175. The van der Waals surface area contributed by atoms with E-state index in [1.807, 2.05) is 30.5 Å². The van der Waals surface area contributed by atoms with Gasteiger partial charge in [0.25, 0.3) is 0 Å². The fraction of sp³-hybridized carbons (Fsp3) is 0.0769. The van der Waals surface area contributed by atoms with Crippen LogP contribution in [0.2, 0.25) is 0 Å². The second-order valence-electron chi connectivity index (χ2n) is 3.74. The second kappa shape index (κ2) is 5.46. The fourth-order valence-corrected chi connectivity index (χ4v) is 1.67. The van der Waals surface area contributed by atoms with Gasteiger partial charge in [0.2, 0.25) is 4.77 Å².